The Balaban J connectivity index is -0.0000000111. The van der Waals surface area contributed by atoms with Crippen molar-refractivity contribution >= 4 is 35.4 Å². The first-order chi connectivity index (χ1) is 25.3. The average molecular weight is 2000 g/mol. The molecule has 14 N–H and O–H groups in total. The second kappa shape index (κ2) is 219. The summed E-state index contributed by atoms with van der Waals surface area (Å²) in [5.41, 5.74) is 14.0. The van der Waals surface area contributed by atoms with Crippen LogP contribution in [-0.2, 0) is 138 Å². The van der Waals surface area contributed by atoms with Gasteiger partial charge in [0.1, 0.15) is 11.6 Å². The SMILES string of the molecule is C.CC(C)=O.CC(C)=O.CCOC(C)=N.CC[CH-]O.CC[CH-]OC(C)=O.CC[CH-]OC(C)=O.CN.CN.CO.CO.COC.COC.N.N=C(N)n1cccn1.[CH3-].[CH3-].[CH3-].[CH3-].[CH3-].[U].[U].[U].[V].[V].[V].[V].[W]. The first-order valence-corrected chi connectivity index (χ1v) is 16.1. The van der Waals surface area contributed by atoms with Crippen LogP contribution in [0.25, 0.3) is 0 Å². The van der Waals surface area contributed by atoms with E-state index in [4.69, 9.17) is 31.9 Å². The zero-order chi connectivity index (χ0) is 46.4. The number of nitrogens with two attached hydrogens (primary N) is 3. The maximum Gasteiger partial charge on any atom is 0.271 e. The topological polar surface area (TPSA) is 354 Å². The number of ketones is 2. The third-order valence-corrected chi connectivity index (χ3v) is 2.13. The van der Waals surface area contributed by atoms with Crippen LogP contribution >= 0.6 is 0 Å². The van der Waals surface area contributed by atoms with Crippen molar-refractivity contribution in [1.82, 2.24) is 15.9 Å². The average Bonchev–Trinajstić information content (AvgIpc) is 3.67. The summed E-state index contributed by atoms with van der Waals surface area (Å²) in [5, 5.41) is 38.9. The van der Waals surface area contributed by atoms with Crippen molar-refractivity contribution in [2.75, 3.05) is 63.4 Å². The molecule has 0 bridgehead atoms. The number of hydrogen-bond donors (Lipinski definition) is 9. The third kappa shape index (κ3) is 512. The largest absolute Gasteiger partial charge is 0.637 e. The Labute approximate surface area is 560 Å². The normalized spacial score (nSPS) is 5.45. The molecule has 69 heavy (non-hydrogen) atoms. The van der Waals surface area contributed by atoms with E-state index in [2.05, 4.69) is 40.3 Å². The van der Waals surface area contributed by atoms with Crippen molar-refractivity contribution in [2.45, 2.75) is 103 Å². The van der Waals surface area contributed by atoms with Crippen LogP contribution in [0, 0.1) is 161 Å². The minimum Gasteiger partial charge on any atom is -0.637 e. The molecular formula is C41H104N8O12U3V4W-8. The molecule has 0 aliphatic rings. The zero-order valence-electron chi connectivity index (χ0n) is 46.3. The van der Waals surface area contributed by atoms with Gasteiger partial charge in [-0.1, -0.05) is 28.2 Å². The van der Waals surface area contributed by atoms with Gasteiger partial charge in [-0.05, 0) is 54.8 Å². The molecule has 0 saturated heterocycles. The van der Waals surface area contributed by atoms with Crippen molar-refractivity contribution < 1.29 is 247 Å². The van der Waals surface area contributed by atoms with Gasteiger partial charge >= 0.3 is 0 Å². The van der Waals surface area contributed by atoms with Gasteiger partial charge in [0.2, 0.25) is 5.96 Å². The van der Waals surface area contributed by atoms with Crippen LogP contribution < -0.4 is 23.4 Å². The molecular weight excluding hydrogens is 1900 g/mol. The summed E-state index contributed by atoms with van der Waals surface area (Å²) >= 11 is 0. The zero-order valence-corrected chi connectivity index (χ0v) is 67.4. The number of carbonyl (C=O) groups excluding carboxylic acids is 4. The Morgan fingerprint density at radius 3 is 0.870 bits per heavy atom. The van der Waals surface area contributed by atoms with Gasteiger partial charge in [0.15, 0.2) is 5.90 Å². The van der Waals surface area contributed by atoms with Gasteiger partial charge < -0.3 is 109 Å². The maximum atomic E-state index is 9.95. The molecule has 0 aromatic carbocycles. The monoisotopic (exact) mass is 2000 g/mol. The molecule has 0 saturated carbocycles. The third-order valence-electron chi connectivity index (χ3n) is 2.13. The molecule has 1 aromatic rings. The van der Waals surface area contributed by atoms with E-state index in [0.29, 0.717) is 6.61 Å². The molecule has 0 amide bonds. The molecule has 4 radical (unpaired) electrons. The van der Waals surface area contributed by atoms with Gasteiger partial charge in [-0.25, -0.2) is 11.3 Å². The van der Waals surface area contributed by atoms with Crippen LogP contribution in [0.1, 0.15) is 103 Å². The summed E-state index contributed by atoms with van der Waals surface area (Å²) in [7, 11) is 11.5. The Hall–Kier alpha value is 2.29. The number of ether oxygens (including phenoxy) is 5. The van der Waals surface area contributed by atoms with E-state index >= 15 is 0 Å². The quantitative estimate of drug-likeness (QED) is 0.0603. The minimum absolute atomic E-state index is 0. The van der Waals surface area contributed by atoms with Crippen LogP contribution in [0.2, 0.25) is 0 Å². The number of aliphatic hydroxyl groups is 3. The number of nitrogen functional groups attached to an aromatic ring is 1. The fraction of sp³-hybridized carbons (Fsp3) is 0.585. The smallest absolute Gasteiger partial charge is 0.271 e. The van der Waals surface area contributed by atoms with Gasteiger partial charge in [0.25, 0.3) is 11.9 Å². The predicted octanol–water partition coefficient (Wildman–Crippen LogP) is 6.94. The number of carbonyl (C=O) groups is 4. The maximum absolute atomic E-state index is 9.95. The Bertz CT molecular complexity index is 800. The van der Waals surface area contributed by atoms with E-state index in [1.54, 1.807) is 53.8 Å². The molecule has 28 heteroatoms. The van der Waals surface area contributed by atoms with Crippen LogP contribution in [0.15, 0.2) is 18.5 Å². The minimum atomic E-state index is -0.248. The second-order valence-electron chi connectivity index (χ2n) is 7.92. The number of rotatable bonds is 6. The van der Waals surface area contributed by atoms with E-state index < -0.39 is 0 Å². The van der Waals surface area contributed by atoms with Gasteiger partial charge in [-0.3, -0.25) is 20.4 Å². The van der Waals surface area contributed by atoms with Crippen LogP contribution in [-0.4, -0.2) is 124 Å². The molecule has 0 spiro atoms. The number of nitrogens with one attached hydrogen (secondary N) is 2. The van der Waals surface area contributed by atoms with E-state index in [9.17, 15) is 19.2 Å². The van der Waals surface area contributed by atoms with Gasteiger partial charge in [0.05, 0.1) is 6.61 Å². The number of aliphatic hydroxyl groups excluding tert-OH is 3. The molecule has 1 heterocycles. The molecule has 0 aliphatic heterocycles. The second-order valence-corrected chi connectivity index (χ2v) is 7.92. The van der Waals surface area contributed by atoms with Crippen molar-refractivity contribution in [1.29, 1.82) is 10.8 Å². The fourth-order valence-corrected chi connectivity index (χ4v) is 1.03. The molecule has 1 aromatic heterocycles. The predicted molar refractivity (Wildman–Crippen MR) is 263 cm³/mol. The first kappa shape index (κ1) is 180. The molecule has 20 nitrogen and oxygen atoms in total. The number of aromatic nitrogens is 2. The number of nitrogens with zero attached hydrogens (tertiary/aromatic N) is 2. The summed E-state index contributed by atoms with van der Waals surface area (Å²) in [6, 6.07) is 1.71. The van der Waals surface area contributed by atoms with Crippen molar-refractivity contribution in [3.8, 4) is 0 Å². The van der Waals surface area contributed by atoms with E-state index in [1.807, 2.05) is 27.7 Å². The molecule has 0 unspecified atom stereocenters. The van der Waals surface area contributed by atoms with E-state index in [0.717, 1.165) is 40.1 Å². The number of methoxy groups -OCH3 is 2. The van der Waals surface area contributed by atoms with E-state index in [1.165, 1.54) is 73.5 Å². The van der Waals surface area contributed by atoms with Gasteiger partial charge in [-0.2, -0.15) is 24.7 Å². The first-order valence-electron chi connectivity index (χ1n) is 16.1. The van der Waals surface area contributed by atoms with Crippen molar-refractivity contribution in [3.05, 3.63) is 75.4 Å². The molecule has 0 aliphatic carbocycles. The van der Waals surface area contributed by atoms with Gasteiger partial charge in [0, 0.05) is 264 Å². The Morgan fingerprint density at radius 2 is 0.826 bits per heavy atom. The summed E-state index contributed by atoms with van der Waals surface area (Å²) in [6.45, 7) is 22.7. The standard InChI is InChI=1S/2C5H9O2.C4H6N4.C4H9NO.2C3H6O.C3H7O.2C2H6O.2CH5N.2CH4O.CH4.5CH3.H3N.3U.4V.W/c2*1-3-4-7-5(2)6;5-4(6)8-3-1-2-7-8;1-3-6-4(2)5;2*1-3(2)4;1-2-3-4;2*1-3-2;4*1-2;;;;;;;;;;;;;;;/h2*4H,3H2,1-2H3;1-3H,(H3,5,6);5H,3H2,1-2H3;2*1-2H3;3-4H,2H2,1H3;2*1-2H3;2*2H2,1H3;2*2H,1H3;1H4;6*1H3;;;;;;;;/q2*-1;;;;;-1;;;;;;;;5*-1;;;;;;;;;. The van der Waals surface area contributed by atoms with Gasteiger partial charge in [-0.15, -0.1) is 12.8 Å². The van der Waals surface area contributed by atoms with Crippen LogP contribution in [0.5, 0.6) is 0 Å². The van der Waals surface area contributed by atoms with Crippen LogP contribution in [0.4, 0.5) is 0 Å². The van der Waals surface area contributed by atoms with Crippen LogP contribution in [0.3, 0.4) is 0 Å². The summed E-state index contributed by atoms with van der Waals surface area (Å²) in [6.07, 6.45) is 5.49. The number of esters is 2. The van der Waals surface area contributed by atoms with Crippen molar-refractivity contribution in [3.63, 3.8) is 0 Å². The number of hydrogen-bond acceptors (Lipinski definition) is 18. The molecule has 426 valence electrons. The molecule has 0 atom stereocenters. The fourth-order valence-electron chi connectivity index (χ4n) is 1.03. The summed E-state index contributed by atoms with van der Waals surface area (Å²) in [5.74, 6) is 0.0659. The van der Waals surface area contributed by atoms with E-state index in [-0.39, 0.29) is 275 Å². The molecule has 1 rings (SSSR count). The number of Topliss-reactive ketones (excluding diaryl/α,β-unsaturated/α-hetero) is 2. The summed E-state index contributed by atoms with van der Waals surface area (Å²) in [4.78, 5) is 38.8. The Kier molecular flexibility index (Phi) is 569. The summed E-state index contributed by atoms with van der Waals surface area (Å²) < 4.78 is 23.3. The Morgan fingerprint density at radius 1 is 0.623 bits per heavy atom. The van der Waals surface area contributed by atoms with Crippen molar-refractivity contribution in [2.24, 2.45) is 17.2 Å². The molecule has 0 fully saturated rings.